The van der Waals surface area contributed by atoms with Crippen molar-refractivity contribution in [3.63, 3.8) is 0 Å². The maximum Gasteiger partial charge on any atom is 0.308 e. The first kappa shape index (κ1) is 16.0. The zero-order chi connectivity index (χ0) is 16.3. The second kappa shape index (κ2) is 6.60. The van der Waals surface area contributed by atoms with E-state index in [1.165, 1.54) is 0 Å². The molecular weight excluding hydrogens is 284 g/mol. The molecule has 1 aliphatic carbocycles. The molecule has 1 aromatic carbocycles. The highest BCUT2D eigenvalue weighted by atomic mass is 16.4. The van der Waals surface area contributed by atoms with Gasteiger partial charge in [-0.3, -0.25) is 14.4 Å². The third-order valence-corrected chi connectivity index (χ3v) is 3.86. The molecule has 0 heterocycles. The van der Waals surface area contributed by atoms with E-state index >= 15 is 0 Å². The zero-order valence-corrected chi connectivity index (χ0v) is 12.6. The molecule has 1 aliphatic rings. The Morgan fingerprint density at radius 2 is 1.73 bits per heavy atom. The molecule has 0 aromatic heterocycles. The standard InChI is InChI=1S/C16H20N2O4/c1-9(16(21)22)10(2)17-14(19)12-5-7-13(8-6-12)18-15(20)11-3-4-11/h5-11H,3-4H2,1-2H3,(H,17,19)(H,18,20)(H,21,22). The van der Waals surface area contributed by atoms with E-state index in [2.05, 4.69) is 10.6 Å². The first-order valence-corrected chi connectivity index (χ1v) is 7.33. The van der Waals surface area contributed by atoms with Crippen LogP contribution in [0.4, 0.5) is 5.69 Å². The van der Waals surface area contributed by atoms with Crippen LogP contribution in [0.15, 0.2) is 24.3 Å². The van der Waals surface area contributed by atoms with Crippen molar-refractivity contribution in [1.29, 1.82) is 0 Å². The molecule has 2 unspecified atom stereocenters. The fraction of sp³-hybridized carbons (Fsp3) is 0.438. The van der Waals surface area contributed by atoms with Gasteiger partial charge in [-0.1, -0.05) is 0 Å². The molecule has 0 radical (unpaired) electrons. The first-order valence-electron chi connectivity index (χ1n) is 7.33. The Bertz CT molecular complexity index is 578. The molecule has 0 spiro atoms. The van der Waals surface area contributed by atoms with Crippen LogP contribution in [0.1, 0.15) is 37.0 Å². The number of carbonyl (C=O) groups excluding carboxylic acids is 2. The van der Waals surface area contributed by atoms with Gasteiger partial charge in [0.2, 0.25) is 5.91 Å². The molecule has 1 fully saturated rings. The first-order chi connectivity index (χ1) is 10.4. The Balaban J connectivity index is 1.92. The third kappa shape index (κ3) is 4.07. The van der Waals surface area contributed by atoms with Gasteiger partial charge in [0.25, 0.3) is 5.91 Å². The third-order valence-electron chi connectivity index (χ3n) is 3.86. The van der Waals surface area contributed by atoms with Gasteiger partial charge in [-0.05, 0) is 51.0 Å². The Hall–Kier alpha value is -2.37. The Morgan fingerprint density at radius 3 is 2.23 bits per heavy atom. The summed E-state index contributed by atoms with van der Waals surface area (Å²) in [6.07, 6.45) is 1.87. The number of carboxylic acids is 1. The summed E-state index contributed by atoms with van der Waals surface area (Å²) in [6, 6.07) is 6.08. The van der Waals surface area contributed by atoms with E-state index in [4.69, 9.17) is 5.11 Å². The van der Waals surface area contributed by atoms with Crippen LogP contribution in [0, 0.1) is 11.8 Å². The van der Waals surface area contributed by atoms with E-state index < -0.39 is 17.9 Å². The number of rotatable bonds is 6. The summed E-state index contributed by atoms with van der Waals surface area (Å²) in [7, 11) is 0. The Kier molecular flexibility index (Phi) is 4.80. The average Bonchev–Trinajstić information content (AvgIpc) is 3.31. The van der Waals surface area contributed by atoms with Gasteiger partial charge in [0.15, 0.2) is 0 Å². The van der Waals surface area contributed by atoms with Gasteiger partial charge in [-0.25, -0.2) is 0 Å². The van der Waals surface area contributed by atoms with Gasteiger partial charge in [-0.2, -0.15) is 0 Å². The van der Waals surface area contributed by atoms with Crippen LogP contribution >= 0.6 is 0 Å². The number of benzene rings is 1. The van der Waals surface area contributed by atoms with Crippen molar-refractivity contribution >= 4 is 23.5 Å². The number of carboxylic acid groups (broad SMARTS) is 1. The average molecular weight is 304 g/mol. The van der Waals surface area contributed by atoms with E-state index in [1.807, 2.05) is 0 Å². The summed E-state index contributed by atoms with van der Waals surface area (Å²) in [4.78, 5) is 34.5. The molecule has 1 aromatic rings. The number of hydrogen-bond acceptors (Lipinski definition) is 3. The maximum absolute atomic E-state index is 12.0. The van der Waals surface area contributed by atoms with Crippen molar-refractivity contribution < 1.29 is 19.5 Å². The number of carbonyl (C=O) groups is 3. The molecule has 0 bridgehead atoms. The van der Waals surface area contributed by atoms with Crippen LogP contribution < -0.4 is 10.6 Å². The number of aliphatic carboxylic acids is 1. The van der Waals surface area contributed by atoms with Crippen LogP contribution in [0.25, 0.3) is 0 Å². The SMILES string of the molecule is CC(NC(=O)c1ccc(NC(=O)C2CC2)cc1)C(C)C(=O)O. The highest BCUT2D eigenvalue weighted by Gasteiger charge is 2.29. The second-order valence-corrected chi connectivity index (χ2v) is 5.73. The van der Waals surface area contributed by atoms with Crippen LogP contribution in [-0.4, -0.2) is 28.9 Å². The highest BCUT2D eigenvalue weighted by molar-refractivity contribution is 5.97. The lowest BCUT2D eigenvalue weighted by atomic mass is 10.0. The number of amides is 2. The van der Waals surface area contributed by atoms with Crippen LogP contribution in [0.2, 0.25) is 0 Å². The van der Waals surface area contributed by atoms with Crippen LogP contribution in [0.3, 0.4) is 0 Å². The number of anilines is 1. The largest absolute Gasteiger partial charge is 0.481 e. The lowest BCUT2D eigenvalue weighted by molar-refractivity contribution is -0.141. The Morgan fingerprint density at radius 1 is 1.14 bits per heavy atom. The van der Waals surface area contributed by atoms with E-state index in [0.29, 0.717) is 11.3 Å². The van der Waals surface area contributed by atoms with Gasteiger partial charge in [0, 0.05) is 23.2 Å². The molecular formula is C16H20N2O4. The van der Waals surface area contributed by atoms with Crippen molar-refractivity contribution in [1.82, 2.24) is 5.32 Å². The van der Waals surface area contributed by atoms with Gasteiger partial charge >= 0.3 is 5.97 Å². The van der Waals surface area contributed by atoms with Crippen molar-refractivity contribution in [3.05, 3.63) is 29.8 Å². The molecule has 2 atom stereocenters. The topological polar surface area (TPSA) is 95.5 Å². The lowest BCUT2D eigenvalue weighted by Gasteiger charge is -2.17. The van der Waals surface area contributed by atoms with Crippen molar-refractivity contribution in [2.75, 3.05) is 5.32 Å². The molecule has 2 rings (SSSR count). The molecule has 2 amide bonds. The summed E-state index contributed by atoms with van der Waals surface area (Å²) in [5, 5.41) is 14.4. The van der Waals surface area contributed by atoms with Gasteiger partial charge < -0.3 is 15.7 Å². The summed E-state index contributed by atoms with van der Waals surface area (Å²) >= 11 is 0. The van der Waals surface area contributed by atoms with Crippen LogP contribution in [-0.2, 0) is 9.59 Å². The minimum atomic E-state index is -0.953. The predicted octanol–water partition coefficient (Wildman–Crippen LogP) is 1.87. The van der Waals surface area contributed by atoms with E-state index in [-0.39, 0.29) is 17.7 Å². The molecule has 1 saturated carbocycles. The summed E-state index contributed by atoms with van der Waals surface area (Å²) in [5.41, 5.74) is 1.08. The predicted molar refractivity (Wildman–Crippen MR) is 81.5 cm³/mol. The second-order valence-electron chi connectivity index (χ2n) is 5.73. The summed E-state index contributed by atoms with van der Waals surface area (Å²) in [6.45, 7) is 3.20. The zero-order valence-electron chi connectivity index (χ0n) is 12.6. The molecule has 22 heavy (non-hydrogen) atoms. The number of hydrogen-bond donors (Lipinski definition) is 3. The van der Waals surface area contributed by atoms with Gasteiger partial charge in [0.05, 0.1) is 5.92 Å². The smallest absolute Gasteiger partial charge is 0.308 e. The van der Waals surface area contributed by atoms with Crippen LogP contribution in [0.5, 0.6) is 0 Å². The minimum Gasteiger partial charge on any atom is -0.481 e. The van der Waals surface area contributed by atoms with Crippen molar-refractivity contribution in [3.8, 4) is 0 Å². The molecule has 3 N–H and O–H groups in total. The minimum absolute atomic E-state index is 0.0149. The quantitative estimate of drug-likeness (QED) is 0.747. The van der Waals surface area contributed by atoms with E-state index in [0.717, 1.165) is 12.8 Å². The van der Waals surface area contributed by atoms with Gasteiger partial charge in [0.1, 0.15) is 0 Å². The van der Waals surface area contributed by atoms with Crippen molar-refractivity contribution in [2.24, 2.45) is 11.8 Å². The highest BCUT2D eigenvalue weighted by Crippen LogP contribution is 2.30. The maximum atomic E-state index is 12.0. The fourth-order valence-corrected chi connectivity index (χ4v) is 1.92. The molecule has 118 valence electrons. The molecule has 0 aliphatic heterocycles. The monoisotopic (exact) mass is 304 g/mol. The molecule has 6 nitrogen and oxygen atoms in total. The molecule has 6 heteroatoms. The van der Waals surface area contributed by atoms with Gasteiger partial charge in [-0.15, -0.1) is 0 Å². The normalized spacial score (nSPS) is 16.5. The van der Waals surface area contributed by atoms with E-state index in [1.54, 1.807) is 38.1 Å². The summed E-state index contributed by atoms with van der Waals surface area (Å²) < 4.78 is 0. The molecule has 0 saturated heterocycles. The Labute approximate surface area is 128 Å². The van der Waals surface area contributed by atoms with E-state index in [9.17, 15) is 14.4 Å². The van der Waals surface area contributed by atoms with Crippen molar-refractivity contribution in [2.45, 2.75) is 32.7 Å². The lowest BCUT2D eigenvalue weighted by Crippen LogP contribution is -2.40. The number of nitrogens with one attached hydrogen (secondary N) is 2. The summed E-state index contributed by atoms with van der Waals surface area (Å²) in [5.74, 6) is -1.81. The fourth-order valence-electron chi connectivity index (χ4n) is 1.92.